The number of nitro benzene ring substituents is 1. The molecule has 1 aliphatic rings. The number of nitro groups is 1. The first-order valence-corrected chi connectivity index (χ1v) is 7.45. The van der Waals surface area contributed by atoms with Gasteiger partial charge in [-0.1, -0.05) is 12.1 Å². The molecule has 3 rings (SSSR count). The van der Waals surface area contributed by atoms with E-state index in [9.17, 15) is 24.1 Å². The van der Waals surface area contributed by atoms with Crippen molar-refractivity contribution in [3.8, 4) is 0 Å². The predicted molar refractivity (Wildman–Crippen MR) is 85.9 cm³/mol. The molecule has 2 aromatic carbocycles. The Morgan fingerprint density at radius 3 is 2.28 bits per heavy atom. The first kappa shape index (κ1) is 16.6. The molecule has 0 saturated carbocycles. The van der Waals surface area contributed by atoms with Crippen LogP contribution in [0.25, 0.3) is 0 Å². The van der Waals surface area contributed by atoms with Crippen molar-refractivity contribution < 1.29 is 18.9 Å². The van der Waals surface area contributed by atoms with Crippen molar-refractivity contribution in [2.45, 2.75) is 19.0 Å². The van der Waals surface area contributed by atoms with Gasteiger partial charge in [0.2, 0.25) is 0 Å². The highest BCUT2D eigenvalue weighted by Gasteiger charge is 2.48. The third kappa shape index (κ3) is 2.93. The summed E-state index contributed by atoms with van der Waals surface area (Å²) in [5.41, 5.74) is -0.366. The van der Waals surface area contributed by atoms with Gasteiger partial charge in [0.25, 0.3) is 11.6 Å². The van der Waals surface area contributed by atoms with E-state index in [2.05, 4.69) is 5.32 Å². The van der Waals surface area contributed by atoms with Crippen molar-refractivity contribution >= 4 is 17.6 Å². The molecular formula is C17H14FN3O4. The summed E-state index contributed by atoms with van der Waals surface area (Å²) in [5.74, 6) is -0.882. The van der Waals surface area contributed by atoms with Crippen LogP contribution in [0.3, 0.4) is 0 Å². The van der Waals surface area contributed by atoms with Gasteiger partial charge in [-0.2, -0.15) is 0 Å². The zero-order chi connectivity index (χ0) is 18.2. The van der Waals surface area contributed by atoms with Crippen LogP contribution in [0.15, 0.2) is 48.5 Å². The van der Waals surface area contributed by atoms with Crippen LogP contribution in [0.5, 0.6) is 0 Å². The number of nitrogens with one attached hydrogen (secondary N) is 1. The molecular weight excluding hydrogens is 329 g/mol. The molecule has 0 unspecified atom stereocenters. The van der Waals surface area contributed by atoms with Crippen LogP contribution >= 0.6 is 0 Å². The quantitative estimate of drug-likeness (QED) is 0.525. The zero-order valence-electron chi connectivity index (χ0n) is 13.2. The second-order valence-electron chi connectivity index (χ2n) is 5.88. The van der Waals surface area contributed by atoms with E-state index in [-0.39, 0.29) is 12.2 Å². The Hall–Kier alpha value is -3.29. The number of rotatable bonds is 4. The summed E-state index contributed by atoms with van der Waals surface area (Å²) in [4.78, 5) is 36.2. The maximum Gasteiger partial charge on any atom is 0.325 e. The summed E-state index contributed by atoms with van der Waals surface area (Å²) in [6.07, 6.45) is 0. The van der Waals surface area contributed by atoms with Gasteiger partial charge in [-0.15, -0.1) is 0 Å². The van der Waals surface area contributed by atoms with E-state index in [1.807, 2.05) is 0 Å². The summed E-state index contributed by atoms with van der Waals surface area (Å²) in [6, 6.07) is 10.4. The van der Waals surface area contributed by atoms with Gasteiger partial charge in [-0.25, -0.2) is 9.18 Å². The minimum atomic E-state index is -1.31. The van der Waals surface area contributed by atoms with Crippen LogP contribution in [0.1, 0.15) is 18.1 Å². The second-order valence-corrected chi connectivity index (χ2v) is 5.88. The van der Waals surface area contributed by atoms with Gasteiger partial charge < -0.3 is 5.32 Å². The van der Waals surface area contributed by atoms with E-state index in [4.69, 9.17) is 0 Å². The van der Waals surface area contributed by atoms with Crippen molar-refractivity contribution in [2.75, 3.05) is 0 Å². The van der Waals surface area contributed by atoms with E-state index in [1.54, 1.807) is 6.92 Å². The monoisotopic (exact) mass is 343 g/mol. The number of hydrogen-bond acceptors (Lipinski definition) is 4. The Balaban J connectivity index is 1.86. The Kier molecular flexibility index (Phi) is 3.96. The van der Waals surface area contributed by atoms with Crippen LogP contribution in [0.2, 0.25) is 0 Å². The van der Waals surface area contributed by atoms with E-state index in [0.717, 1.165) is 4.90 Å². The fourth-order valence-electron chi connectivity index (χ4n) is 2.73. The number of halogens is 1. The highest BCUT2D eigenvalue weighted by atomic mass is 19.1. The molecule has 1 saturated heterocycles. The highest BCUT2D eigenvalue weighted by Crippen LogP contribution is 2.30. The molecule has 1 fully saturated rings. The molecule has 128 valence electrons. The van der Waals surface area contributed by atoms with Crippen LogP contribution in [0, 0.1) is 15.9 Å². The lowest BCUT2D eigenvalue weighted by Gasteiger charge is -2.22. The van der Waals surface area contributed by atoms with E-state index in [1.165, 1.54) is 48.5 Å². The molecule has 0 radical (unpaired) electrons. The molecule has 3 amide bonds. The number of non-ortho nitro benzene ring substituents is 1. The Labute approximate surface area is 142 Å². The lowest BCUT2D eigenvalue weighted by molar-refractivity contribution is -0.384. The molecule has 8 heteroatoms. The highest BCUT2D eigenvalue weighted by molar-refractivity contribution is 6.07. The number of hydrogen-bond donors (Lipinski definition) is 1. The first-order valence-electron chi connectivity index (χ1n) is 7.45. The Morgan fingerprint density at radius 1 is 1.12 bits per heavy atom. The summed E-state index contributed by atoms with van der Waals surface area (Å²) < 4.78 is 13.0. The SMILES string of the molecule is C[C@@]1(c2ccc([N+](=O)[O-])cc2)NC(=O)N(Cc2ccc(F)cc2)C1=O. The molecule has 0 aliphatic carbocycles. The van der Waals surface area contributed by atoms with Gasteiger partial charge in [0.15, 0.2) is 0 Å². The van der Waals surface area contributed by atoms with E-state index >= 15 is 0 Å². The summed E-state index contributed by atoms with van der Waals surface area (Å²) in [5, 5.41) is 13.4. The summed E-state index contributed by atoms with van der Waals surface area (Å²) in [6.45, 7) is 1.55. The van der Waals surface area contributed by atoms with Crippen LogP contribution in [-0.4, -0.2) is 21.8 Å². The lowest BCUT2D eigenvalue weighted by Crippen LogP contribution is -2.40. The van der Waals surface area contributed by atoms with Crippen molar-refractivity contribution in [3.63, 3.8) is 0 Å². The fraction of sp³-hybridized carbons (Fsp3) is 0.176. The third-order valence-corrected chi connectivity index (χ3v) is 4.18. The van der Waals surface area contributed by atoms with Gasteiger partial charge in [-0.05, 0) is 42.3 Å². The Bertz CT molecular complexity index is 851. The summed E-state index contributed by atoms with van der Waals surface area (Å²) >= 11 is 0. The number of imide groups is 1. The smallest absolute Gasteiger partial charge is 0.319 e. The average molecular weight is 343 g/mol. The van der Waals surface area contributed by atoms with Gasteiger partial charge in [-0.3, -0.25) is 19.8 Å². The zero-order valence-corrected chi connectivity index (χ0v) is 13.2. The maximum atomic E-state index is 13.0. The number of carbonyl (C=O) groups is 2. The first-order chi connectivity index (χ1) is 11.8. The number of amides is 3. The molecule has 1 aliphatic heterocycles. The molecule has 0 spiro atoms. The minimum absolute atomic E-state index is 0.00746. The molecule has 1 heterocycles. The van der Waals surface area contributed by atoms with Crippen molar-refractivity contribution in [3.05, 3.63) is 75.6 Å². The van der Waals surface area contributed by atoms with Crippen molar-refractivity contribution in [1.82, 2.24) is 10.2 Å². The molecule has 0 bridgehead atoms. The van der Waals surface area contributed by atoms with E-state index < -0.39 is 28.2 Å². The van der Waals surface area contributed by atoms with Gasteiger partial charge in [0.05, 0.1) is 11.5 Å². The van der Waals surface area contributed by atoms with E-state index in [0.29, 0.717) is 11.1 Å². The van der Waals surface area contributed by atoms with Gasteiger partial charge >= 0.3 is 6.03 Å². The normalized spacial score (nSPS) is 19.8. The number of benzene rings is 2. The lowest BCUT2D eigenvalue weighted by atomic mass is 9.92. The third-order valence-electron chi connectivity index (χ3n) is 4.18. The molecule has 0 aromatic heterocycles. The summed E-state index contributed by atoms with van der Waals surface area (Å²) in [7, 11) is 0. The fourth-order valence-corrected chi connectivity index (χ4v) is 2.73. The molecule has 25 heavy (non-hydrogen) atoms. The van der Waals surface area contributed by atoms with Crippen LogP contribution in [-0.2, 0) is 16.9 Å². The topological polar surface area (TPSA) is 92.6 Å². The van der Waals surface area contributed by atoms with Crippen LogP contribution in [0.4, 0.5) is 14.9 Å². The molecule has 1 N–H and O–H groups in total. The van der Waals surface area contributed by atoms with Gasteiger partial charge in [0, 0.05) is 12.1 Å². The number of nitrogens with zero attached hydrogens (tertiary/aromatic N) is 2. The number of carbonyl (C=O) groups excluding carboxylic acids is 2. The Morgan fingerprint density at radius 2 is 1.72 bits per heavy atom. The van der Waals surface area contributed by atoms with Gasteiger partial charge in [0.1, 0.15) is 11.4 Å². The molecule has 2 aromatic rings. The minimum Gasteiger partial charge on any atom is -0.319 e. The van der Waals surface area contributed by atoms with Crippen molar-refractivity contribution in [2.24, 2.45) is 0 Å². The standard InChI is InChI=1S/C17H14FN3O4/c1-17(12-4-8-14(9-5-12)21(24)25)15(22)20(16(23)19-17)10-11-2-6-13(18)7-3-11/h2-9H,10H2,1H3,(H,19,23)/t17-/m0/s1. The van der Waals surface area contributed by atoms with Crippen molar-refractivity contribution in [1.29, 1.82) is 0 Å². The maximum absolute atomic E-state index is 13.0. The number of urea groups is 1. The second kappa shape index (κ2) is 5.97. The predicted octanol–water partition coefficient (Wildman–Crippen LogP) is 2.70. The molecule has 7 nitrogen and oxygen atoms in total. The van der Waals surface area contributed by atoms with Crippen LogP contribution < -0.4 is 5.32 Å². The average Bonchev–Trinajstić information content (AvgIpc) is 2.81. The molecule has 1 atom stereocenters. The largest absolute Gasteiger partial charge is 0.325 e.